The van der Waals surface area contributed by atoms with Crippen LogP contribution in [0.4, 0.5) is 4.79 Å². The lowest BCUT2D eigenvalue weighted by molar-refractivity contribution is -0.127. The molecule has 1 saturated heterocycles. The number of aliphatic imine (C=N–C) groups is 1. The molecule has 7 nitrogen and oxygen atoms in total. The molecular formula is C16H19ClN4O3S. The van der Waals surface area contributed by atoms with Crippen LogP contribution in [-0.4, -0.2) is 63.1 Å². The normalized spacial score (nSPS) is 24.1. The Morgan fingerprint density at radius 3 is 2.80 bits per heavy atom. The van der Waals surface area contributed by atoms with Gasteiger partial charge in [-0.2, -0.15) is 0 Å². The van der Waals surface area contributed by atoms with E-state index < -0.39 is 24.3 Å². The summed E-state index contributed by atoms with van der Waals surface area (Å²) in [5, 5.41) is 13.2. The Balaban J connectivity index is 1.91. The Morgan fingerprint density at radius 1 is 1.40 bits per heavy atom. The first-order chi connectivity index (χ1) is 11.9. The van der Waals surface area contributed by atoms with Gasteiger partial charge < -0.3 is 14.9 Å². The number of aliphatic hydroxyl groups is 1. The van der Waals surface area contributed by atoms with Crippen molar-refractivity contribution in [1.29, 1.82) is 0 Å². The number of amides is 3. The zero-order chi connectivity index (χ0) is 18.1. The standard InChI is InChI=1S/C16H19ClN4O3S/c1-9(22)8-25-16-18-13-12(14(23)19-15(24)20(13)2)21(16)7-10-5-3-4-6-11(10)17/h3-6,9,12-13,22H,7-8H2,1-2H3,(H,19,23,24). The van der Waals surface area contributed by atoms with Crippen LogP contribution in [0.15, 0.2) is 29.3 Å². The van der Waals surface area contributed by atoms with Crippen LogP contribution in [-0.2, 0) is 11.3 Å². The second-order valence-corrected chi connectivity index (χ2v) is 7.45. The number of rotatable bonds is 4. The number of carbonyl (C=O) groups is 2. The van der Waals surface area contributed by atoms with Gasteiger partial charge in [-0.3, -0.25) is 10.1 Å². The summed E-state index contributed by atoms with van der Waals surface area (Å²) in [4.78, 5) is 32.1. The second kappa shape index (κ2) is 7.23. The van der Waals surface area contributed by atoms with Gasteiger partial charge in [0.25, 0.3) is 5.91 Å². The number of likely N-dealkylation sites (N-methyl/N-ethyl adjacent to an activating group) is 1. The zero-order valence-electron chi connectivity index (χ0n) is 13.8. The second-order valence-electron chi connectivity index (χ2n) is 6.05. The van der Waals surface area contributed by atoms with E-state index in [1.54, 1.807) is 20.0 Å². The number of nitrogens with zero attached hydrogens (tertiary/aromatic N) is 3. The van der Waals surface area contributed by atoms with Gasteiger partial charge >= 0.3 is 6.03 Å². The molecule has 3 amide bonds. The fourth-order valence-electron chi connectivity index (χ4n) is 2.79. The van der Waals surface area contributed by atoms with Crippen molar-refractivity contribution < 1.29 is 14.7 Å². The number of thioether (sulfide) groups is 1. The van der Waals surface area contributed by atoms with E-state index in [2.05, 4.69) is 10.3 Å². The summed E-state index contributed by atoms with van der Waals surface area (Å²) in [6.45, 7) is 2.08. The first-order valence-corrected chi connectivity index (χ1v) is 9.21. The van der Waals surface area contributed by atoms with E-state index in [-0.39, 0.29) is 5.91 Å². The number of aliphatic hydroxyl groups excluding tert-OH is 1. The average molecular weight is 383 g/mol. The first kappa shape index (κ1) is 18.0. The van der Waals surface area contributed by atoms with E-state index >= 15 is 0 Å². The predicted octanol–water partition coefficient (Wildman–Crippen LogP) is 1.50. The molecule has 9 heteroatoms. The Morgan fingerprint density at radius 2 is 2.12 bits per heavy atom. The number of hydrogen-bond acceptors (Lipinski definition) is 6. The lowest BCUT2D eigenvalue weighted by Gasteiger charge is -2.36. The zero-order valence-corrected chi connectivity index (χ0v) is 15.4. The lowest BCUT2D eigenvalue weighted by Crippen LogP contribution is -2.63. The molecule has 2 N–H and O–H groups in total. The van der Waals surface area contributed by atoms with E-state index in [9.17, 15) is 14.7 Å². The maximum absolute atomic E-state index is 12.4. The molecule has 25 heavy (non-hydrogen) atoms. The van der Waals surface area contributed by atoms with Crippen LogP contribution in [0.25, 0.3) is 0 Å². The predicted molar refractivity (Wildman–Crippen MR) is 97.4 cm³/mol. The van der Waals surface area contributed by atoms with Crippen molar-refractivity contribution >= 4 is 40.5 Å². The van der Waals surface area contributed by atoms with Gasteiger partial charge in [-0.05, 0) is 18.6 Å². The van der Waals surface area contributed by atoms with Crippen molar-refractivity contribution in [2.24, 2.45) is 4.99 Å². The number of fused-ring (bicyclic) bond motifs is 1. The number of nitrogens with one attached hydrogen (secondary N) is 1. The number of carbonyl (C=O) groups excluding carboxylic acids is 2. The van der Waals surface area contributed by atoms with Crippen LogP contribution in [0.2, 0.25) is 5.02 Å². The van der Waals surface area contributed by atoms with Crippen LogP contribution in [0.1, 0.15) is 12.5 Å². The summed E-state index contributed by atoms with van der Waals surface area (Å²) in [5.41, 5.74) is 0.863. The van der Waals surface area contributed by atoms with Crippen molar-refractivity contribution in [3.63, 3.8) is 0 Å². The van der Waals surface area contributed by atoms with Gasteiger partial charge in [0, 0.05) is 24.4 Å². The van der Waals surface area contributed by atoms with Crippen LogP contribution in [0, 0.1) is 0 Å². The summed E-state index contributed by atoms with van der Waals surface area (Å²) >= 11 is 7.62. The molecule has 3 atom stereocenters. The number of urea groups is 1. The third-order valence-corrected chi connectivity index (χ3v) is 5.69. The molecular weight excluding hydrogens is 364 g/mol. The molecule has 1 aromatic carbocycles. The lowest BCUT2D eigenvalue weighted by atomic mass is 10.1. The maximum atomic E-state index is 12.4. The molecule has 2 aliphatic rings. The molecule has 3 rings (SSSR count). The third kappa shape index (κ3) is 3.61. The summed E-state index contributed by atoms with van der Waals surface area (Å²) < 4.78 is 0. The molecule has 0 radical (unpaired) electrons. The minimum Gasteiger partial charge on any atom is -0.393 e. The van der Waals surface area contributed by atoms with Crippen molar-refractivity contribution in [2.45, 2.75) is 31.8 Å². The molecule has 1 fully saturated rings. The number of amidine groups is 1. The Kier molecular flexibility index (Phi) is 5.21. The van der Waals surface area contributed by atoms with E-state index in [4.69, 9.17) is 11.6 Å². The highest BCUT2D eigenvalue weighted by molar-refractivity contribution is 8.13. The maximum Gasteiger partial charge on any atom is 0.325 e. The Labute approximate surface area is 155 Å². The summed E-state index contributed by atoms with van der Waals surface area (Å²) in [6, 6.07) is 6.33. The smallest absolute Gasteiger partial charge is 0.325 e. The molecule has 2 heterocycles. The third-order valence-electron chi connectivity index (χ3n) is 4.07. The molecule has 0 saturated carbocycles. The fraction of sp³-hybridized carbons (Fsp3) is 0.438. The van der Waals surface area contributed by atoms with Gasteiger partial charge in [-0.1, -0.05) is 41.6 Å². The van der Waals surface area contributed by atoms with E-state index in [0.29, 0.717) is 22.5 Å². The number of imide groups is 1. The summed E-state index contributed by atoms with van der Waals surface area (Å²) in [7, 11) is 1.61. The van der Waals surface area contributed by atoms with Gasteiger partial charge in [0.05, 0.1) is 6.10 Å². The van der Waals surface area contributed by atoms with E-state index in [1.165, 1.54) is 16.7 Å². The highest BCUT2D eigenvalue weighted by Gasteiger charge is 2.48. The van der Waals surface area contributed by atoms with Gasteiger partial charge in [0.15, 0.2) is 17.4 Å². The van der Waals surface area contributed by atoms with Crippen LogP contribution in [0.3, 0.4) is 0 Å². The molecule has 3 unspecified atom stereocenters. The molecule has 0 aromatic heterocycles. The van der Waals surface area contributed by atoms with Crippen molar-refractivity contribution in [1.82, 2.24) is 15.1 Å². The molecule has 0 spiro atoms. The van der Waals surface area contributed by atoms with Crippen molar-refractivity contribution in [3.05, 3.63) is 34.9 Å². The SMILES string of the molecule is CC(O)CSC1=NC2C(C(=O)NC(=O)N2C)N1Cc1ccccc1Cl. The van der Waals surface area contributed by atoms with E-state index in [0.717, 1.165) is 5.56 Å². The van der Waals surface area contributed by atoms with Gasteiger partial charge in [-0.25, -0.2) is 9.79 Å². The minimum absolute atomic E-state index is 0.378. The average Bonchev–Trinajstić information content (AvgIpc) is 2.92. The van der Waals surface area contributed by atoms with Crippen molar-refractivity contribution in [2.75, 3.05) is 12.8 Å². The molecule has 134 valence electrons. The van der Waals surface area contributed by atoms with Gasteiger partial charge in [0.1, 0.15) is 0 Å². The molecule has 0 aliphatic carbocycles. The topological polar surface area (TPSA) is 85.2 Å². The van der Waals surface area contributed by atoms with Crippen LogP contribution >= 0.6 is 23.4 Å². The summed E-state index contributed by atoms with van der Waals surface area (Å²) in [5.74, 6) is 0.0629. The van der Waals surface area contributed by atoms with Crippen LogP contribution < -0.4 is 5.32 Å². The fourth-order valence-corrected chi connectivity index (χ4v) is 3.90. The Hall–Kier alpha value is -1.77. The quantitative estimate of drug-likeness (QED) is 0.824. The largest absolute Gasteiger partial charge is 0.393 e. The summed E-state index contributed by atoms with van der Waals surface area (Å²) in [6.07, 6.45) is -1.09. The van der Waals surface area contributed by atoms with Crippen molar-refractivity contribution in [3.8, 4) is 0 Å². The number of benzene rings is 1. The van der Waals surface area contributed by atoms with Crippen LogP contribution in [0.5, 0.6) is 0 Å². The first-order valence-electron chi connectivity index (χ1n) is 7.85. The molecule has 0 bridgehead atoms. The molecule has 1 aromatic rings. The highest BCUT2D eigenvalue weighted by Crippen LogP contribution is 2.31. The molecule has 2 aliphatic heterocycles. The monoisotopic (exact) mass is 382 g/mol. The number of halogens is 1. The van der Waals surface area contributed by atoms with E-state index in [1.807, 2.05) is 23.1 Å². The minimum atomic E-state index is -0.615. The van der Waals surface area contributed by atoms with Gasteiger partial charge in [-0.15, -0.1) is 0 Å². The Bertz CT molecular complexity index is 727. The van der Waals surface area contributed by atoms with Gasteiger partial charge in [0.2, 0.25) is 0 Å². The highest BCUT2D eigenvalue weighted by atomic mass is 35.5. The number of hydrogen-bond donors (Lipinski definition) is 2.